The van der Waals surface area contributed by atoms with Gasteiger partial charge in [-0.15, -0.1) is 5.10 Å². The first kappa shape index (κ1) is 13.7. The molecule has 104 valence electrons. The van der Waals surface area contributed by atoms with Crippen molar-refractivity contribution in [2.45, 2.75) is 4.90 Å². The number of sulfonamides is 1. The average Bonchev–Trinajstić information content (AvgIpc) is 2.38. The lowest BCUT2D eigenvalue weighted by molar-refractivity contribution is -0.387. The fourth-order valence-corrected chi connectivity index (χ4v) is 2.23. The van der Waals surface area contributed by atoms with Crippen LogP contribution < -0.4 is 4.72 Å². The fraction of sp³-hybridized carbons (Fsp3) is 0. The predicted octanol–water partition coefficient (Wildman–Crippen LogP) is 0.720. The molecule has 1 heterocycles. The van der Waals surface area contributed by atoms with Gasteiger partial charge in [0.15, 0.2) is 0 Å². The molecular formula is C9H6FN5O4S. The number of hydrogen-bond donors (Lipinski definition) is 1. The van der Waals surface area contributed by atoms with E-state index in [-0.39, 0.29) is 5.95 Å². The fourth-order valence-electron chi connectivity index (χ4n) is 1.28. The van der Waals surface area contributed by atoms with E-state index in [1.54, 1.807) is 0 Å². The molecule has 9 nitrogen and oxygen atoms in total. The molecule has 0 radical (unpaired) electrons. The van der Waals surface area contributed by atoms with E-state index in [1.807, 2.05) is 4.72 Å². The normalized spacial score (nSPS) is 11.1. The van der Waals surface area contributed by atoms with Gasteiger partial charge in [-0.2, -0.15) is 9.49 Å². The highest BCUT2D eigenvalue weighted by molar-refractivity contribution is 7.92. The molecule has 0 spiro atoms. The lowest BCUT2D eigenvalue weighted by Gasteiger charge is -2.05. The molecule has 0 atom stereocenters. The summed E-state index contributed by atoms with van der Waals surface area (Å²) in [5, 5.41) is 17.3. The van der Waals surface area contributed by atoms with Gasteiger partial charge in [0.2, 0.25) is 5.82 Å². The second-order valence-corrected chi connectivity index (χ2v) is 5.12. The Balaban J connectivity index is 2.35. The Morgan fingerprint density at radius 1 is 1.30 bits per heavy atom. The molecule has 0 bridgehead atoms. The maximum atomic E-state index is 13.4. The second kappa shape index (κ2) is 5.13. The van der Waals surface area contributed by atoms with Crippen LogP contribution in [0.15, 0.2) is 35.5 Å². The topological polar surface area (TPSA) is 128 Å². The Morgan fingerprint density at radius 2 is 2.05 bits per heavy atom. The van der Waals surface area contributed by atoms with E-state index < -0.39 is 31.3 Å². The van der Waals surface area contributed by atoms with Crippen molar-refractivity contribution in [2.24, 2.45) is 0 Å². The lowest BCUT2D eigenvalue weighted by atomic mass is 10.3. The van der Waals surface area contributed by atoms with E-state index in [0.29, 0.717) is 6.07 Å². The van der Waals surface area contributed by atoms with Gasteiger partial charge >= 0.3 is 5.69 Å². The number of benzene rings is 1. The number of nitro benzene ring substituents is 1. The van der Waals surface area contributed by atoms with Gasteiger partial charge in [-0.05, 0) is 6.07 Å². The Kier molecular flexibility index (Phi) is 3.52. The molecule has 11 heteroatoms. The minimum absolute atomic E-state index is 0.300. The van der Waals surface area contributed by atoms with Gasteiger partial charge in [0.1, 0.15) is 0 Å². The van der Waals surface area contributed by atoms with Crippen molar-refractivity contribution >= 4 is 21.7 Å². The van der Waals surface area contributed by atoms with Crippen molar-refractivity contribution in [3.8, 4) is 0 Å². The average molecular weight is 299 g/mol. The van der Waals surface area contributed by atoms with Crippen molar-refractivity contribution in [3.63, 3.8) is 0 Å². The summed E-state index contributed by atoms with van der Waals surface area (Å²) < 4.78 is 39.1. The Labute approximate surface area is 111 Å². The third-order valence-electron chi connectivity index (χ3n) is 2.13. The first-order chi connectivity index (χ1) is 9.40. The van der Waals surface area contributed by atoms with E-state index >= 15 is 0 Å². The SMILES string of the molecule is O=[N+]([O-])c1ccc(S(=O)(=O)Nc2nccnn2)cc1F. The highest BCUT2D eigenvalue weighted by atomic mass is 32.2. The van der Waals surface area contributed by atoms with Crippen LogP contribution in [0.5, 0.6) is 0 Å². The molecule has 1 aromatic heterocycles. The molecule has 0 fully saturated rings. The molecule has 1 N–H and O–H groups in total. The van der Waals surface area contributed by atoms with Gasteiger partial charge in [-0.25, -0.2) is 18.1 Å². The van der Waals surface area contributed by atoms with E-state index in [1.165, 1.54) is 12.4 Å². The molecule has 0 amide bonds. The molecule has 0 saturated heterocycles. The summed E-state index contributed by atoms with van der Waals surface area (Å²) in [5.74, 6) is -1.56. The second-order valence-electron chi connectivity index (χ2n) is 3.44. The Hall–Kier alpha value is -2.69. The number of nitrogens with one attached hydrogen (secondary N) is 1. The van der Waals surface area contributed by atoms with Crippen molar-refractivity contribution in [2.75, 3.05) is 4.72 Å². The van der Waals surface area contributed by atoms with Gasteiger partial charge in [0.25, 0.3) is 16.0 Å². The van der Waals surface area contributed by atoms with E-state index in [2.05, 4.69) is 15.2 Å². The van der Waals surface area contributed by atoms with Crippen LogP contribution in [0.4, 0.5) is 16.0 Å². The monoisotopic (exact) mass is 299 g/mol. The van der Waals surface area contributed by atoms with Gasteiger partial charge in [0, 0.05) is 12.1 Å². The molecule has 0 unspecified atom stereocenters. The van der Waals surface area contributed by atoms with E-state index in [4.69, 9.17) is 0 Å². The van der Waals surface area contributed by atoms with Gasteiger partial charge < -0.3 is 0 Å². The summed E-state index contributed by atoms with van der Waals surface area (Å²) in [6, 6.07) is 2.20. The Bertz CT molecular complexity index is 752. The number of hydrogen-bond acceptors (Lipinski definition) is 7. The molecular weight excluding hydrogens is 293 g/mol. The van der Waals surface area contributed by atoms with Crippen LogP contribution in [0.25, 0.3) is 0 Å². The largest absolute Gasteiger partial charge is 0.304 e. The maximum absolute atomic E-state index is 13.4. The minimum Gasteiger partial charge on any atom is -0.258 e. The highest BCUT2D eigenvalue weighted by Gasteiger charge is 2.21. The number of halogens is 1. The predicted molar refractivity (Wildman–Crippen MR) is 63.7 cm³/mol. The first-order valence-corrected chi connectivity index (χ1v) is 6.49. The van der Waals surface area contributed by atoms with E-state index in [0.717, 1.165) is 12.1 Å². The van der Waals surface area contributed by atoms with E-state index in [9.17, 15) is 22.9 Å². The van der Waals surface area contributed by atoms with Gasteiger partial charge in [0.05, 0.1) is 22.2 Å². The van der Waals surface area contributed by atoms with Crippen LogP contribution >= 0.6 is 0 Å². The molecule has 0 saturated carbocycles. The quantitative estimate of drug-likeness (QED) is 0.650. The molecule has 20 heavy (non-hydrogen) atoms. The standard InChI is InChI=1S/C9H6FN5O4S/c10-7-5-6(1-2-8(7)15(16)17)20(18,19)14-9-11-3-4-12-13-9/h1-5H,(H,11,13,14). The smallest absolute Gasteiger partial charge is 0.258 e. The summed E-state index contributed by atoms with van der Waals surface area (Å²) in [4.78, 5) is 12.6. The third-order valence-corrected chi connectivity index (χ3v) is 3.46. The van der Waals surface area contributed by atoms with Crippen molar-refractivity contribution in [1.82, 2.24) is 15.2 Å². The summed E-state index contributed by atoms with van der Waals surface area (Å²) in [5.41, 5.74) is -0.818. The molecule has 2 rings (SSSR count). The summed E-state index contributed by atoms with van der Waals surface area (Å²) >= 11 is 0. The molecule has 2 aromatic rings. The zero-order valence-electron chi connectivity index (χ0n) is 9.59. The molecule has 0 aliphatic carbocycles. The molecule has 0 aliphatic heterocycles. The summed E-state index contributed by atoms with van der Waals surface area (Å²) in [7, 11) is -4.16. The summed E-state index contributed by atoms with van der Waals surface area (Å²) in [6.07, 6.45) is 2.45. The van der Waals surface area contributed by atoms with Crippen molar-refractivity contribution < 1.29 is 17.7 Å². The van der Waals surface area contributed by atoms with Crippen molar-refractivity contribution in [3.05, 3.63) is 46.5 Å². The van der Waals surface area contributed by atoms with Crippen LogP contribution in [0.1, 0.15) is 0 Å². The lowest BCUT2D eigenvalue weighted by Crippen LogP contribution is -2.15. The van der Waals surface area contributed by atoms with Crippen LogP contribution in [0.2, 0.25) is 0 Å². The van der Waals surface area contributed by atoms with Crippen LogP contribution in [-0.4, -0.2) is 28.5 Å². The van der Waals surface area contributed by atoms with Gasteiger partial charge in [-0.1, -0.05) is 0 Å². The van der Waals surface area contributed by atoms with Crippen LogP contribution in [-0.2, 0) is 10.0 Å². The van der Waals surface area contributed by atoms with Crippen LogP contribution in [0.3, 0.4) is 0 Å². The zero-order chi connectivity index (χ0) is 14.8. The van der Waals surface area contributed by atoms with Crippen molar-refractivity contribution in [1.29, 1.82) is 0 Å². The van der Waals surface area contributed by atoms with Crippen LogP contribution in [0, 0.1) is 15.9 Å². The zero-order valence-corrected chi connectivity index (χ0v) is 10.4. The number of rotatable bonds is 4. The molecule has 0 aliphatic rings. The number of nitro groups is 1. The maximum Gasteiger partial charge on any atom is 0.304 e. The third kappa shape index (κ3) is 2.83. The number of nitrogens with zero attached hydrogens (tertiary/aromatic N) is 4. The Morgan fingerprint density at radius 3 is 2.60 bits per heavy atom. The first-order valence-electron chi connectivity index (χ1n) is 5.00. The number of anilines is 1. The molecule has 1 aromatic carbocycles. The minimum atomic E-state index is -4.16. The van der Waals surface area contributed by atoms with Gasteiger partial charge in [-0.3, -0.25) is 10.1 Å². The summed E-state index contributed by atoms with van der Waals surface area (Å²) in [6.45, 7) is 0. The number of aromatic nitrogens is 3. The highest BCUT2D eigenvalue weighted by Crippen LogP contribution is 2.21.